The van der Waals surface area contributed by atoms with E-state index in [9.17, 15) is 4.79 Å². The number of nitrogens with zero attached hydrogens (tertiary/aromatic N) is 1. The van der Waals surface area contributed by atoms with E-state index in [2.05, 4.69) is 5.32 Å². The number of benzene rings is 1. The minimum Gasteiger partial charge on any atom is -0.340 e. The highest BCUT2D eigenvalue weighted by Crippen LogP contribution is 2.29. The Morgan fingerprint density at radius 3 is 2.52 bits per heavy atom. The van der Waals surface area contributed by atoms with Crippen LogP contribution in [0.3, 0.4) is 0 Å². The number of thiophene rings is 1. The molecule has 21 heavy (non-hydrogen) atoms. The topological polar surface area (TPSA) is 32.3 Å². The maximum atomic E-state index is 12.2. The fraction of sp³-hybridized carbons (Fsp3) is 0.267. The molecule has 2 aromatic rings. The summed E-state index contributed by atoms with van der Waals surface area (Å²) in [5.74, 6) is 0.0606. The summed E-state index contributed by atoms with van der Waals surface area (Å²) >= 11 is 7.39. The van der Waals surface area contributed by atoms with Crippen molar-refractivity contribution in [3.63, 3.8) is 0 Å². The highest BCUT2D eigenvalue weighted by molar-refractivity contribution is 7.17. The van der Waals surface area contributed by atoms with Crippen molar-refractivity contribution in [1.82, 2.24) is 10.2 Å². The van der Waals surface area contributed by atoms with Crippen molar-refractivity contribution in [2.24, 2.45) is 0 Å². The zero-order valence-electron chi connectivity index (χ0n) is 11.9. The van der Waals surface area contributed by atoms with E-state index in [1.807, 2.05) is 50.5 Å². The maximum absolute atomic E-state index is 12.2. The summed E-state index contributed by atoms with van der Waals surface area (Å²) < 4.78 is 0. The van der Waals surface area contributed by atoms with Crippen molar-refractivity contribution in [2.75, 3.05) is 27.2 Å². The van der Waals surface area contributed by atoms with Crippen molar-refractivity contribution >= 4 is 41.3 Å². The smallest absolute Gasteiger partial charge is 0.263 e. The summed E-state index contributed by atoms with van der Waals surface area (Å²) in [6.07, 6.45) is 0. The average molecular weight is 345 g/mol. The van der Waals surface area contributed by atoms with Gasteiger partial charge in [-0.15, -0.1) is 23.7 Å². The van der Waals surface area contributed by atoms with E-state index in [0.717, 1.165) is 21.9 Å². The van der Waals surface area contributed by atoms with E-state index >= 15 is 0 Å². The summed E-state index contributed by atoms with van der Waals surface area (Å²) in [6.45, 7) is 1.49. The predicted octanol–water partition coefficient (Wildman–Crippen LogP) is 3.78. The van der Waals surface area contributed by atoms with Gasteiger partial charge in [-0.2, -0.15) is 0 Å². The maximum Gasteiger partial charge on any atom is 0.263 e. The normalized spacial score (nSPS) is 10.0. The van der Waals surface area contributed by atoms with Gasteiger partial charge in [0.25, 0.3) is 5.91 Å². The summed E-state index contributed by atoms with van der Waals surface area (Å²) in [4.78, 5) is 15.8. The van der Waals surface area contributed by atoms with Gasteiger partial charge in [0.1, 0.15) is 0 Å². The van der Waals surface area contributed by atoms with E-state index in [1.165, 1.54) is 11.3 Å². The molecule has 0 radical (unpaired) electrons. The number of nitrogens with one attached hydrogen (secondary N) is 1. The van der Waals surface area contributed by atoms with E-state index in [1.54, 1.807) is 4.90 Å². The van der Waals surface area contributed by atoms with Crippen LogP contribution < -0.4 is 5.32 Å². The van der Waals surface area contributed by atoms with Crippen molar-refractivity contribution in [2.45, 2.75) is 0 Å². The predicted molar refractivity (Wildman–Crippen MR) is 92.9 cm³/mol. The quantitative estimate of drug-likeness (QED) is 0.894. The number of amides is 1. The van der Waals surface area contributed by atoms with Crippen LogP contribution in [0, 0.1) is 0 Å². The summed E-state index contributed by atoms with van der Waals surface area (Å²) in [5, 5.41) is 3.75. The molecule has 0 spiro atoms. The van der Waals surface area contributed by atoms with Crippen LogP contribution in [0.4, 0.5) is 0 Å². The van der Waals surface area contributed by atoms with Gasteiger partial charge in [-0.3, -0.25) is 4.79 Å². The summed E-state index contributed by atoms with van der Waals surface area (Å²) in [5.41, 5.74) is 1.08. The third-order valence-corrected chi connectivity index (χ3v) is 4.36. The monoisotopic (exact) mass is 344 g/mol. The average Bonchev–Trinajstić information content (AvgIpc) is 2.94. The van der Waals surface area contributed by atoms with Gasteiger partial charge in [0.05, 0.1) is 4.88 Å². The molecule has 0 atom stereocenters. The Kier molecular flexibility index (Phi) is 7.18. The van der Waals surface area contributed by atoms with Gasteiger partial charge in [-0.25, -0.2) is 0 Å². The molecule has 0 saturated carbocycles. The third kappa shape index (κ3) is 4.71. The van der Waals surface area contributed by atoms with Crippen LogP contribution in [0.5, 0.6) is 0 Å². The molecule has 0 aliphatic heterocycles. The fourth-order valence-electron chi connectivity index (χ4n) is 1.79. The van der Waals surface area contributed by atoms with Crippen molar-refractivity contribution in [3.05, 3.63) is 46.3 Å². The van der Waals surface area contributed by atoms with Gasteiger partial charge < -0.3 is 10.2 Å². The molecule has 0 fully saturated rings. The van der Waals surface area contributed by atoms with E-state index in [0.29, 0.717) is 11.6 Å². The highest BCUT2D eigenvalue weighted by atomic mass is 35.5. The van der Waals surface area contributed by atoms with E-state index in [4.69, 9.17) is 11.6 Å². The van der Waals surface area contributed by atoms with Crippen molar-refractivity contribution in [3.8, 4) is 10.4 Å². The van der Waals surface area contributed by atoms with Crippen LogP contribution in [-0.2, 0) is 0 Å². The van der Waals surface area contributed by atoms with Crippen LogP contribution in [0.25, 0.3) is 10.4 Å². The molecule has 1 aromatic heterocycles. The molecule has 0 aliphatic carbocycles. The second-order valence-electron chi connectivity index (χ2n) is 4.50. The molecule has 0 bridgehead atoms. The Bertz CT molecular complexity index is 584. The molecule has 0 unspecified atom stereocenters. The number of halogens is 2. The molecule has 114 valence electrons. The van der Waals surface area contributed by atoms with Crippen molar-refractivity contribution in [1.29, 1.82) is 0 Å². The lowest BCUT2D eigenvalue weighted by Gasteiger charge is -2.15. The van der Waals surface area contributed by atoms with Crippen LogP contribution >= 0.6 is 35.3 Å². The molecule has 0 saturated heterocycles. The first-order chi connectivity index (χ1) is 9.61. The van der Waals surface area contributed by atoms with Gasteiger partial charge in [0, 0.05) is 30.0 Å². The van der Waals surface area contributed by atoms with Gasteiger partial charge in [0.2, 0.25) is 0 Å². The Morgan fingerprint density at radius 2 is 1.90 bits per heavy atom. The van der Waals surface area contributed by atoms with Gasteiger partial charge in [-0.05, 0) is 36.9 Å². The van der Waals surface area contributed by atoms with Crippen LogP contribution in [0.1, 0.15) is 9.67 Å². The molecule has 1 amide bonds. The third-order valence-electron chi connectivity index (χ3n) is 2.99. The molecular weight excluding hydrogens is 327 g/mol. The first kappa shape index (κ1) is 18.0. The second-order valence-corrected chi connectivity index (χ2v) is 6.02. The first-order valence-corrected chi connectivity index (χ1v) is 7.57. The molecule has 0 aliphatic rings. The standard InChI is InChI=1S/C15H17ClN2OS.ClH/c1-17-9-10-18(2)15(19)14-8-7-13(20-14)11-3-5-12(16)6-4-11;/h3-8,17H,9-10H2,1-2H3;1H. The SMILES string of the molecule is CNCCN(C)C(=O)c1ccc(-c2ccc(Cl)cc2)s1.Cl. The molecular formula is C15H18Cl2N2OS. The Balaban J connectivity index is 0.00000220. The molecule has 1 heterocycles. The molecule has 1 aromatic carbocycles. The van der Waals surface area contributed by atoms with Crippen LogP contribution in [-0.4, -0.2) is 38.0 Å². The number of hydrogen-bond acceptors (Lipinski definition) is 3. The Labute approximate surface area is 140 Å². The lowest BCUT2D eigenvalue weighted by Crippen LogP contribution is -2.32. The number of rotatable bonds is 5. The Morgan fingerprint density at radius 1 is 1.24 bits per heavy atom. The Hall–Kier alpha value is -1.07. The van der Waals surface area contributed by atoms with Gasteiger partial charge in [-0.1, -0.05) is 23.7 Å². The lowest BCUT2D eigenvalue weighted by molar-refractivity contribution is 0.0801. The second kappa shape index (κ2) is 8.39. The fourth-order valence-corrected chi connectivity index (χ4v) is 2.92. The molecule has 2 rings (SSSR count). The largest absolute Gasteiger partial charge is 0.340 e. The van der Waals surface area contributed by atoms with Gasteiger partial charge in [0.15, 0.2) is 0 Å². The number of carbonyl (C=O) groups excluding carboxylic acids is 1. The minimum atomic E-state index is 0. The summed E-state index contributed by atoms with van der Waals surface area (Å²) in [6, 6.07) is 11.5. The van der Waals surface area contributed by atoms with Crippen molar-refractivity contribution < 1.29 is 4.79 Å². The zero-order valence-corrected chi connectivity index (χ0v) is 14.3. The first-order valence-electron chi connectivity index (χ1n) is 6.37. The minimum absolute atomic E-state index is 0. The summed E-state index contributed by atoms with van der Waals surface area (Å²) in [7, 11) is 3.70. The molecule has 1 N–H and O–H groups in total. The van der Waals surface area contributed by atoms with Gasteiger partial charge >= 0.3 is 0 Å². The number of carbonyl (C=O) groups is 1. The van der Waals surface area contributed by atoms with Crippen LogP contribution in [0.2, 0.25) is 5.02 Å². The lowest BCUT2D eigenvalue weighted by atomic mass is 10.2. The van der Waals surface area contributed by atoms with Crippen LogP contribution in [0.15, 0.2) is 36.4 Å². The molecule has 3 nitrogen and oxygen atoms in total. The van der Waals surface area contributed by atoms with E-state index < -0.39 is 0 Å². The highest BCUT2D eigenvalue weighted by Gasteiger charge is 2.14. The number of likely N-dealkylation sites (N-methyl/N-ethyl adjacent to an activating group) is 2. The molecule has 6 heteroatoms. The van der Waals surface area contributed by atoms with E-state index in [-0.39, 0.29) is 18.3 Å². The zero-order chi connectivity index (χ0) is 14.5. The number of hydrogen-bond donors (Lipinski definition) is 1.